The zero-order chi connectivity index (χ0) is 10.8. The number of rotatable bonds is 2. The number of carbonyl (C=O) groups is 1. The van der Waals surface area contributed by atoms with E-state index < -0.39 is 0 Å². The molecule has 0 fully saturated rings. The first-order valence-electron chi connectivity index (χ1n) is 4.43. The highest BCUT2D eigenvalue weighted by Crippen LogP contribution is 2.16. The van der Waals surface area contributed by atoms with Gasteiger partial charge < -0.3 is 4.98 Å². The number of benzene rings is 1. The van der Waals surface area contributed by atoms with Gasteiger partial charge in [-0.2, -0.15) is 0 Å². The number of pyridine rings is 1. The van der Waals surface area contributed by atoms with E-state index in [0.29, 0.717) is 11.1 Å². The second-order valence-corrected chi connectivity index (χ2v) is 3.71. The molecule has 2 rings (SSSR count). The van der Waals surface area contributed by atoms with Crippen molar-refractivity contribution in [1.82, 2.24) is 4.98 Å². The fourth-order valence-electron chi connectivity index (χ4n) is 1.50. The normalized spacial score (nSPS) is 10.5. The zero-order valence-electron chi connectivity index (χ0n) is 7.79. The van der Waals surface area contributed by atoms with Gasteiger partial charge in [0, 0.05) is 22.5 Å². The molecule has 0 spiro atoms. The van der Waals surface area contributed by atoms with Gasteiger partial charge in [-0.15, -0.1) is 0 Å². The molecule has 2 aromatic rings. The van der Waals surface area contributed by atoms with Crippen LogP contribution in [0.5, 0.6) is 0 Å². The van der Waals surface area contributed by atoms with Gasteiger partial charge in [0.2, 0.25) is 5.56 Å². The van der Waals surface area contributed by atoms with Gasteiger partial charge in [0.25, 0.3) is 0 Å². The van der Waals surface area contributed by atoms with Crippen LogP contribution < -0.4 is 5.56 Å². The number of hydrogen-bond donors (Lipinski definition) is 1. The van der Waals surface area contributed by atoms with Crippen LogP contribution in [0.1, 0.15) is 10.4 Å². The average molecular weight is 266 g/mol. The number of fused-ring (bicyclic) bond motifs is 1. The van der Waals surface area contributed by atoms with Crippen molar-refractivity contribution in [3.63, 3.8) is 0 Å². The van der Waals surface area contributed by atoms with Gasteiger partial charge in [0.15, 0.2) is 5.78 Å². The summed E-state index contributed by atoms with van der Waals surface area (Å²) >= 11 is 3.13. The van der Waals surface area contributed by atoms with Crippen molar-refractivity contribution >= 4 is 32.6 Å². The Labute approximate surface area is 94.3 Å². The molecular weight excluding hydrogens is 258 g/mol. The minimum atomic E-state index is -0.161. The Morgan fingerprint density at radius 2 is 2.07 bits per heavy atom. The number of halogens is 1. The summed E-state index contributed by atoms with van der Waals surface area (Å²) in [6.45, 7) is 0. The first-order chi connectivity index (χ1) is 7.22. The van der Waals surface area contributed by atoms with Crippen molar-refractivity contribution in [2.45, 2.75) is 0 Å². The van der Waals surface area contributed by atoms with E-state index >= 15 is 0 Å². The Balaban J connectivity index is 2.76. The Kier molecular flexibility index (Phi) is 2.68. The lowest BCUT2D eigenvalue weighted by Gasteiger charge is -2.02. The smallest absolute Gasteiger partial charge is 0.248 e. The van der Waals surface area contributed by atoms with Gasteiger partial charge >= 0.3 is 0 Å². The molecule has 1 aromatic carbocycles. The molecular formula is C11H8BrNO2. The van der Waals surface area contributed by atoms with Crippen LogP contribution in [0, 0.1) is 0 Å². The molecule has 76 valence electrons. The zero-order valence-corrected chi connectivity index (χ0v) is 9.37. The molecule has 0 atom stereocenters. The lowest BCUT2D eigenvalue weighted by Crippen LogP contribution is -2.06. The van der Waals surface area contributed by atoms with Crippen molar-refractivity contribution in [2.75, 3.05) is 5.33 Å². The molecule has 0 aliphatic heterocycles. The molecule has 0 radical (unpaired) electrons. The third-order valence-corrected chi connectivity index (χ3v) is 2.70. The van der Waals surface area contributed by atoms with Crippen molar-refractivity contribution in [2.24, 2.45) is 0 Å². The number of Topliss-reactive ketones (excluding diaryl/α,β-unsaturated/α-hetero) is 1. The molecule has 4 heteroatoms. The van der Waals surface area contributed by atoms with Gasteiger partial charge in [0.1, 0.15) is 0 Å². The number of aromatic nitrogens is 1. The van der Waals surface area contributed by atoms with E-state index in [1.54, 1.807) is 24.3 Å². The molecule has 0 aliphatic rings. The van der Waals surface area contributed by atoms with Crippen LogP contribution in [-0.4, -0.2) is 16.1 Å². The molecule has 1 aromatic heterocycles. The number of H-pyrrole nitrogens is 1. The van der Waals surface area contributed by atoms with Crippen LogP contribution in [0.25, 0.3) is 10.9 Å². The first kappa shape index (κ1) is 10.1. The molecule has 1 heterocycles. The monoisotopic (exact) mass is 265 g/mol. The van der Waals surface area contributed by atoms with E-state index in [4.69, 9.17) is 0 Å². The predicted molar refractivity (Wildman–Crippen MR) is 62.7 cm³/mol. The molecule has 0 bridgehead atoms. The van der Waals surface area contributed by atoms with Crippen molar-refractivity contribution in [3.8, 4) is 0 Å². The Morgan fingerprint density at radius 1 is 1.27 bits per heavy atom. The van der Waals surface area contributed by atoms with Crippen molar-refractivity contribution in [1.29, 1.82) is 0 Å². The lowest BCUT2D eigenvalue weighted by atomic mass is 10.1. The van der Waals surface area contributed by atoms with E-state index in [1.807, 2.05) is 0 Å². The van der Waals surface area contributed by atoms with Gasteiger partial charge in [-0.1, -0.05) is 28.1 Å². The maximum absolute atomic E-state index is 11.6. The van der Waals surface area contributed by atoms with Crippen LogP contribution in [0.15, 0.2) is 35.1 Å². The number of ketones is 1. The number of nitrogens with one attached hydrogen (secondary N) is 1. The number of alkyl halides is 1. The molecule has 0 aliphatic carbocycles. The molecule has 0 saturated heterocycles. The summed E-state index contributed by atoms with van der Waals surface area (Å²) in [5.74, 6) is 0.00708. The van der Waals surface area contributed by atoms with Crippen molar-refractivity contribution < 1.29 is 4.79 Å². The van der Waals surface area contributed by atoms with Crippen LogP contribution in [0.2, 0.25) is 0 Å². The van der Waals surface area contributed by atoms with Gasteiger partial charge in [-0.25, -0.2) is 0 Å². The molecule has 3 nitrogen and oxygen atoms in total. The van der Waals surface area contributed by atoms with Crippen molar-refractivity contribution in [3.05, 3.63) is 46.2 Å². The van der Waals surface area contributed by atoms with Gasteiger partial charge in [-0.3, -0.25) is 9.59 Å². The minimum absolute atomic E-state index is 0.00708. The Bertz CT molecular complexity index is 574. The highest BCUT2D eigenvalue weighted by atomic mass is 79.9. The maximum atomic E-state index is 11.6. The van der Waals surface area contributed by atoms with E-state index in [-0.39, 0.29) is 16.7 Å². The van der Waals surface area contributed by atoms with Crippen LogP contribution in [-0.2, 0) is 0 Å². The van der Waals surface area contributed by atoms with E-state index in [2.05, 4.69) is 20.9 Å². The standard InChI is InChI=1S/C11H8BrNO2/c12-6-10(14)8-2-1-3-9-7(8)4-5-11(15)13-9/h1-5H,6H2,(H,13,15). The molecule has 0 amide bonds. The average Bonchev–Trinajstić information content (AvgIpc) is 2.26. The fraction of sp³-hybridized carbons (Fsp3) is 0.0909. The third kappa shape index (κ3) is 1.85. The van der Waals surface area contributed by atoms with Crippen LogP contribution in [0.3, 0.4) is 0 Å². The first-order valence-corrected chi connectivity index (χ1v) is 5.56. The largest absolute Gasteiger partial charge is 0.322 e. The van der Waals surface area contributed by atoms with Gasteiger partial charge in [-0.05, 0) is 12.1 Å². The molecule has 0 unspecified atom stereocenters. The third-order valence-electron chi connectivity index (χ3n) is 2.19. The summed E-state index contributed by atoms with van der Waals surface area (Å²) in [5, 5.41) is 1.06. The highest BCUT2D eigenvalue weighted by molar-refractivity contribution is 9.09. The second-order valence-electron chi connectivity index (χ2n) is 3.15. The topological polar surface area (TPSA) is 49.9 Å². The maximum Gasteiger partial charge on any atom is 0.248 e. The number of aromatic amines is 1. The predicted octanol–water partition coefficient (Wildman–Crippen LogP) is 2.11. The molecule has 1 N–H and O–H groups in total. The van der Waals surface area contributed by atoms with Crippen LogP contribution in [0.4, 0.5) is 0 Å². The fourth-order valence-corrected chi connectivity index (χ4v) is 1.80. The molecule has 0 saturated carbocycles. The Morgan fingerprint density at radius 3 is 2.80 bits per heavy atom. The summed E-state index contributed by atoms with van der Waals surface area (Å²) in [7, 11) is 0. The summed E-state index contributed by atoms with van der Waals surface area (Å²) in [6.07, 6.45) is 0. The lowest BCUT2D eigenvalue weighted by molar-refractivity contribution is 0.102. The van der Waals surface area contributed by atoms with Gasteiger partial charge in [0.05, 0.1) is 5.33 Å². The second kappa shape index (κ2) is 3.98. The number of hydrogen-bond acceptors (Lipinski definition) is 2. The van der Waals surface area contributed by atoms with E-state index in [9.17, 15) is 9.59 Å². The number of carbonyl (C=O) groups excluding carboxylic acids is 1. The van der Waals surface area contributed by atoms with E-state index in [0.717, 1.165) is 5.39 Å². The van der Waals surface area contributed by atoms with E-state index in [1.165, 1.54) is 6.07 Å². The SMILES string of the molecule is O=C(CBr)c1cccc2[nH]c(=O)ccc12. The summed E-state index contributed by atoms with van der Waals surface area (Å²) in [5.41, 5.74) is 1.15. The summed E-state index contributed by atoms with van der Waals surface area (Å²) in [4.78, 5) is 25.3. The summed E-state index contributed by atoms with van der Waals surface area (Å²) in [6, 6.07) is 8.39. The van der Waals surface area contributed by atoms with Crippen LogP contribution >= 0.6 is 15.9 Å². The highest BCUT2D eigenvalue weighted by Gasteiger charge is 2.08. The minimum Gasteiger partial charge on any atom is -0.322 e. The summed E-state index contributed by atoms with van der Waals surface area (Å²) < 4.78 is 0. The molecule has 15 heavy (non-hydrogen) atoms. The quantitative estimate of drug-likeness (QED) is 0.668. The Hall–Kier alpha value is -1.42.